The molecule has 1 saturated heterocycles. The lowest BCUT2D eigenvalue weighted by Gasteiger charge is -2.31. The molecule has 0 bridgehead atoms. The summed E-state index contributed by atoms with van der Waals surface area (Å²) in [6, 6.07) is 10.6. The van der Waals surface area contributed by atoms with Crippen molar-refractivity contribution in [1.82, 2.24) is 10.4 Å². The fraction of sp³-hybridized carbons (Fsp3) is 0.562. The molecule has 20 heavy (non-hydrogen) atoms. The highest BCUT2D eigenvalue weighted by Gasteiger charge is 2.19. The predicted octanol–water partition coefficient (Wildman–Crippen LogP) is 2.23. The van der Waals surface area contributed by atoms with E-state index in [1.165, 1.54) is 5.56 Å². The Balaban J connectivity index is 1.63. The number of nitrogens with one attached hydrogen (secondary N) is 1. The zero-order valence-corrected chi connectivity index (χ0v) is 11.9. The number of carbonyl (C=O) groups is 1. The third-order valence-electron chi connectivity index (χ3n) is 4.17. The Kier molecular flexibility index (Phi) is 6.02. The van der Waals surface area contributed by atoms with Gasteiger partial charge in [-0.15, -0.1) is 0 Å². The van der Waals surface area contributed by atoms with Crippen LogP contribution in [0.2, 0.25) is 0 Å². The number of carbonyl (C=O) groups excluding carboxylic acids is 1. The van der Waals surface area contributed by atoms with Gasteiger partial charge in [0.05, 0.1) is 0 Å². The van der Waals surface area contributed by atoms with Crippen molar-refractivity contribution in [2.24, 2.45) is 5.92 Å². The number of hydrogen-bond acceptors (Lipinski definition) is 3. The molecule has 0 saturated carbocycles. The number of piperidine rings is 1. The van der Waals surface area contributed by atoms with Crippen LogP contribution in [-0.2, 0) is 11.2 Å². The molecule has 0 radical (unpaired) electrons. The van der Waals surface area contributed by atoms with Gasteiger partial charge < -0.3 is 4.90 Å². The molecule has 4 heteroatoms. The summed E-state index contributed by atoms with van der Waals surface area (Å²) in [6.07, 6.45) is 4.75. The summed E-state index contributed by atoms with van der Waals surface area (Å²) in [4.78, 5) is 13.5. The van der Waals surface area contributed by atoms with Crippen LogP contribution in [0.1, 0.15) is 31.2 Å². The Hall–Kier alpha value is -1.39. The highest BCUT2D eigenvalue weighted by atomic mass is 16.5. The third-order valence-corrected chi connectivity index (χ3v) is 4.17. The van der Waals surface area contributed by atoms with E-state index in [2.05, 4.69) is 35.2 Å². The topological polar surface area (TPSA) is 52.6 Å². The van der Waals surface area contributed by atoms with Crippen LogP contribution >= 0.6 is 0 Å². The molecule has 1 aliphatic rings. The van der Waals surface area contributed by atoms with Crippen molar-refractivity contribution < 1.29 is 10.0 Å². The Bertz CT molecular complexity index is 400. The van der Waals surface area contributed by atoms with Gasteiger partial charge in [0.15, 0.2) is 0 Å². The number of nitrogens with zero attached hydrogens (tertiary/aromatic N) is 1. The normalized spacial score (nSPS) is 17.1. The van der Waals surface area contributed by atoms with Crippen LogP contribution in [0.4, 0.5) is 0 Å². The maximum atomic E-state index is 11.0. The van der Waals surface area contributed by atoms with Crippen LogP contribution in [0.5, 0.6) is 0 Å². The summed E-state index contributed by atoms with van der Waals surface area (Å²) >= 11 is 0. The lowest BCUT2D eigenvalue weighted by atomic mass is 9.92. The Labute approximate surface area is 120 Å². The first kappa shape index (κ1) is 15.0. The smallest absolute Gasteiger partial charge is 0.243 e. The fourth-order valence-electron chi connectivity index (χ4n) is 2.82. The van der Waals surface area contributed by atoms with Crippen molar-refractivity contribution in [3.63, 3.8) is 0 Å². The molecule has 0 aliphatic carbocycles. The second-order valence-electron chi connectivity index (χ2n) is 5.59. The highest BCUT2D eigenvalue weighted by molar-refractivity contribution is 5.74. The van der Waals surface area contributed by atoms with Gasteiger partial charge in [0, 0.05) is 13.0 Å². The minimum Gasteiger partial charge on any atom is -0.303 e. The van der Waals surface area contributed by atoms with Gasteiger partial charge in [-0.2, -0.15) is 0 Å². The van der Waals surface area contributed by atoms with E-state index >= 15 is 0 Å². The summed E-state index contributed by atoms with van der Waals surface area (Å²) in [5.74, 6) is 0.358. The average Bonchev–Trinajstić information content (AvgIpc) is 2.52. The molecular weight excluding hydrogens is 252 g/mol. The van der Waals surface area contributed by atoms with E-state index in [-0.39, 0.29) is 5.91 Å². The van der Waals surface area contributed by atoms with E-state index in [0.29, 0.717) is 12.3 Å². The van der Waals surface area contributed by atoms with Gasteiger partial charge in [-0.25, -0.2) is 5.48 Å². The molecule has 4 nitrogen and oxygen atoms in total. The molecule has 0 unspecified atom stereocenters. The number of likely N-dealkylation sites (tertiary alicyclic amines) is 1. The molecule has 1 fully saturated rings. The molecule has 1 aromatic carbocycles. The molecule has 1 heterocycles. The molecule has 1 aromatic rings. The van der Waals surface area contributed by atoms with Crippen molar-refractivity contribution in [3.8, 4) is 0 Å². The van der Waals surface area contributed by atoms with Crippen LogP contribution in [0.15, 0.2) is 30.3 Å². The van der Waals surface area contributed by atoms with Gasteiger partial charge in [-0.3, -0.25) is 10.0 Å². The van der Waals surface area contributed by atoms with E-state index in [1.54, 1.807) is 5.48 Å². The average molecular weight is 276 g/mol. The first-order valence-corrected chi connectivity index (χ1v) is 7.47. The summed E-state index contributed by atoms with van der Waals surface area (Å²) < 4.78 is 0. The quantitative estimate of drug-likeness (QED) is 0.619. The van der Waals surface area contributed by atoms with Crippen LogP contribution in [0, 0.1) is 5.92 Å². The van der Waals surface area contributed by atoms with Gasteiger partial charge >= 0.3 is 0 Å². The molecule has 2 N–H and O–H groups in total. The molecule has 1 aliphatic heterocycles. The van der Waals surface area contributed by atoms with E-state index in [4.69, 9.17) is 5.21 Å². The van der Waals surface area contributed by atoms with Crippen molar-refractivity contribution in [3.05, 3.63) is 35.9 Å². The van der Waals surface area contributed by atoms with Gasteiger partial charge in [0.2, 0.25) is 5.91 Å². The van der Waals surface area contributed by atoms with E-state index in [0.717, 1.165) is 45.3 Å². The second-order valence-corrected chi connectivity index (χ2v) is 5.59. The summed E-state index contributed by atoms with van der Waals surface area (Å²) in [6.45, 7) is 3.37. The Morgan fingerprint density at radius 3 is 2.60 bits per heavy atom. The first-order valence-electron chi connectivity index (χ1n) is 7.47. The maximum absolute atomic E-state index is 11.0. The summed E-state index contributed by atoms with van der Waals surface area (Å²) in [5, 5.41) is 8.48. The molecule has 0 atom stereocenters. The van der Waals surface area contributed by atoms with Crippen molar-refractivity contribution in [1.29, 1.82) is 0 Å². The number of hydrogen-bond donors (Lipinski definition) is 2. The maximum Gasteiger partial charge on any atom is 0.243 e. The van der Waals surface area contributed by atoms with Crippen LogP contribution in [0.25, 0.3) is 0 Å². The Morgan fingerprint density at radius 1 is 1.25 bits per heavy atom. The predicted molar refractivity (Wildman–Crippen MR) is 78.5 cm³/mol. The molecule has 0 spiro atoms. The van der Waals surface area contributed by atoms with Crippen LogP contribution < -0.4 is 5.48 Å². The molecular formula is C16H24N2O2. The third kappa shape index (κ3) is 4.94. The van der Waals surface area contributed by atoms with Gasteiger partial charge in [-0.05, 0) is 50.3 Å². The van der Waals surface area contributed by atoms with E-state index in [9.17, 15) is 4.79 Å². The van der Waals surface area contributed by atoms with Crippen LogP contribution in [-0.4, -0.2) is 35.6 Å². The van der Waals surface area contributed by atoms with Gasteiger partial charge in [0.25, 0.3) is 0 Å². The standard InChI is InChI=1S/C16H24N2O2/c19-16(17-20)7-6-15-9-12-18(13-10-15)11-8-14-4-2-1-3-5-14/h1-5,15,20H,6-13H2,(H,17,19). The fourth-order valence-corrected chi connectivity index (χ4v) is 2.82. The highest BCUT2D eigenvalue weighted by Crippen LogP contribution is 2.21. The van der Waals surface area contributed by atoms with Crippen molar-refractivity contribution in [2.45, 2.75) is 32.1 Å². The molecule has 1 amide bonds. The van der Waals surface area contributed by atoms with Gasteiger partial charge in [-0.1, -0.05) is 30.3 Å². The number of benzene rings is 1. The minimum absolute atomic E-state index is 0.267. The van der Waals surface area contributed by atoms with Crippen LogP contribution in [0.3, 0.4) is 0 Å². The first-order chi connectivity index (χ1) is 9.78. The zero-order chi connectivity index (χ0) is 14.2. The lowest BCUT2D eigenvalue weighted by Crippen LogP contribution is -2.35. The van der Waals surface area contributed by atoms with Crippen molar-refractivity contribution in [2.75, 3.05) is 19.6 Å². The summed E-state index contributed by atoms with van der Waals surface area (Å²) in [7, 11) is 0. The SMILES string of the molecule is O=C(CCC1CCN(CCc2ccccc2)CC1)NO. The number of amides is 1. The van der Waals surface area contributed by atoms with Gasteiger partial charge in [0.1, 0.15) is 0 Å². The Morgan fingerprint density at radius 2 is 1.95 bits per heavy atom. The summed E-state index contributed by atoms with van der Waals surface area (Å²) in [5.41, 5.74) is 3.10. The molecule has 0 aromatic heterocycles. The lowest BCUT2D eigenvalue weighted by molar-refractivity contribution is -0.129. The largest absolute Gasteiger partial charge is 0.303 e. The van der Waals surface area contributed by atoms with Crippen molar-refractivity contribution >= 4 is 5.91 Å². The molecule has 2 rings (SSSR count). The zero-order valence-electron chi connectivity index (χ0n) is 11.9. The number of rotatable bonds is 6. The second kappa shape index (κ2) is 8.02. The monoisotopic (exact) mass is 276 g/mol. The molecule has 110 valence electrons. The number of hydroxylamine groups is 1. The minimum atomic E-state index is -0.267. The van der Waals surface area contributed by atoms with E-state index < -0.39 is 0 Å². The van der Waals surface area contributed by atoms with E-state index in [1.807, 2.05) is 0 Å².